The van der Waals surface area contributed by atoms with Crippen LogP contribution in [0.2, 0.25) is 0 Å². The van der Waals surface area contributed by atoms with E-state index in [9.17, 15) is 9.59 Å². The molecule has 0 unspecified atom stereocenters. The highest BCUT2D eigenvalue weighted by Crippen LogP contribution is 2.22. The number of benzene rings is 1. The van der Waals surface area contributed by atoms with Crippen LogP contribution >= 0.6 is 0 Å². The van der Waals surface area contributed by atoms with E-state index >= 15 is 0 Å². The van der Waals surface area contributed by atoms with Crippen molar-refractivity contribution in [2.75, 3.05) is 24.5 Å². The van der Waals surface area contributed by atoms with E-state index in [-0.39, 0.29) is 5.91 Å². The van der Waals surface area contributed by atoms with Gasteiger partial charge in [0.15, 0.2) is 0 Å². The fourth-order valence-electron chi connectivity index (χ4n) is 2.09. The Bertz CT molecular complexity index is 511. The fraction of sp³-hybridized carbons (Fsp3) is 0.286. The zero-order valence-electron chi connectivity index (χ0n) is 10.5. The summed E-state index contributed by atoms with van der Waals surface area (Å²) in [6.07, 6.45) is 3.54. The average Bonchev–Trinajstić information content (AvgIpc) is 2.61. The van der Waals surface area contributed by atoms with E-state index in [1.165, 1.54) is 0 Å². The van der Waals surface area contributed by atoms with Gasteiger partial charge in [-0.1, -0.05) is 18.2 Å². The quantitative estimate of drug-likeness (QED) is 0.799. The molecule has 0 radical (unpaired) electrons. The van der Waals surface area contributed by atoms with Crippen molar-refractivity contribution in [3.8, 4) is 0 Å². The van der Waals surface area contributed by atoms with Gasteiger partial charge in [0.2, 0.25) is 5.91 Å². The molecule has 5 heteroatoms. The molecule has 0 aromatic heterocycles. The number of carboxylic acids is 1. The van der Waals surface area contributed by atoms with Gasteiger partial charge < -0.3 is 15.3 Å². The number of nitrogens with one attached hydrogen (secondary N) is 1. The van der Waals surface area contributed by atoms with Gasteiger partial charge in [-0.15, -0.1) is 0 Å². The highest BCUT2D eigenvalue weighted by Gasteiger charge is 2.16. The molecule has 5 nitrogen and oxygen atoms in total. The topological polar surface area (TPSA) is 69.6 Å². The Balaban J connectivity index is 2.27. The van der Waals surface area contributed by atoms with Gasteiger partial charge in [-0.25, -0.2) is 4.79 Å². The van der Waals surface area contributed by atoms with E-state index in [0.29, 0.717) is 13.1 Å². The highest BCUT2D eigenvalue weighted by molar-refractivity contribution is 5.88. The molecule has 1 heterocycles. The Morgan fingerprint density at radius 1 is 1.37 bits per heavy atom. The van der Waals surface area contributed by atoms with E-state index in [2.05, 4.69) is 5.32 Å². The van der Waals surface area contributed by atoms with E-state index in [1.807, 2.05) is 29.2 Å². The number of anilines is 1. The Labute approximate surface area is 111 Å². The van der Waals surface area contributed by atoms with E-state index in [4.69, 9.17) is 5.11 Å². The van der Waals surface area contributed by atoms with Crippen molar-refractivity contribution < 1.29 is 14.7 Å². The number of rotatable bonds is 3. The molecular weight excluding hydrogens is 244 g/mol. The number of amides is 1. The summed E-state index contributed by atoms with van der Waals surface area (Å²) in [7, 11) is 0. The summed E-state index contributed by atoms with van der Waals surface area (Å²) in [5, 5.41) is 11.5. The summed E-state index contributed by atoms with van der Waals surface area (Å²) >= 11 is 0. The van der Waals surface area contributed by atoms with Crippen LogP contribution in [0, 0.1) is 0 Å². The number of hydrogen-bond acceptors (Lipinski definition) is 3. The monoisotopic (exact) mass is 260 g/mol. The molecule has 0 aliphatic carbocycles. The van der Waals surface area contributed by atoms with Crippen LogP contribution in [0.3, 0.4) is 0 Å². The van der Waals surface area contributed by atoms with Crippen molar-refractivity contribution >= 4 is 23.6 Å². The number of nitrogens with zero attached hydrogens (tertiary/aromatic N) is 1. The van der Waals surface area contributed by atoms with Crippen molar-refractivity contribution in [2.24, 2.45) is 0 Å². The number of para-hydroxylation sites is 1. The average molecular weight is 260 g/mol. The van der Waals surface area contributed by atoms with Crippen molar-refractivity contribution in [3.05, 3.63) is 35.9 Å². The van der Waals surface area contributed by atoms with Crippen LogP contribution in [0.1, 0.15) is 12.0 Å². The molecule has 1 saturated heterocycles. The summed E-state index contributed by atoms with van der Waals surface area (Å²) in [4.78, 5) is 24.2. The molecule has 0 saturated carbocycles. The minimum absolute atomic E-state index is 0.00508. The van der Waals surface area contributed by atoms with Gasteiger partial charge in [0, 0.05) is 24.9 Å². The number of aliphatic carboxylic acids is 1. The molecule has 1 aromatic carbocycles. The largest absolute Gasteiger partial charge is 0.478 e. The lowest BCUT2D eigenvalue weighted by molar-refractivity contribution is -0.131. The molecule has 1 aromatic rings. The Hall–Kier alpha value is -2.30. The van der Waals surface area contributed by atoms with Gasteiger partial charge >= 0.3 is 5.97 Å². The maximum absolute atomic E-state index is 11.6. The third-order valence-electron chi connectivity index (χ3n) is 2.94. The fourth-order valence-corrected chi connectivity index (χ4v) is 2.09. The summed E-state index contributed by atoms with van der Waals surface area (Å²) in [6, 6.07) is 7.48. The minimum Gasteiger partial charge on any atom is -0.478 e. The van der Waals surface area contributed by atoms with Crippen LogP contribution in [-0.2, 0) is 9.59 Å². The number of carbonyl (C=O) groups excluding carboxylic acids is 1. The first-order valence-corrected chi connectivity index (χ1v) is 6.18. The van der Waals surface area contributed by atoms with Crippen LogP contribution in [0.4, 0.5) is 5.69 Å². The summed E-state index contributed by atoms with van der Waals surface area (Å²) < 4.78 is 0. The molecule has 0 spiro atoms. The lowest BCUT2D eigenvalue weighted by Gasteiger charge is -2.23. The van der Waals surface area contributed by atoms with Gasteiger partial charge in [-0.05, 0) is 24.1 Å². The molecular formula is C14H16N2O3. The van der Waals surface area contributed by atoms with Crippen LogP contribution in [-0.4, -0.2) is 36.6 Å². The Morgan fingerprint density at radius 3 is 2.95 bits per heavy atom. The number of carbonyl (C=O) groups is 2. The lowest BCUT2D eigenvalue weighted by atomic mass is 10.1. The molecule has 1 aliphatic rings. The second-order valence-corrected chi connectivity index (χ2v) is 4.36. The molecule has 19 heavy (non-hydrogen) atoms. The second-order valence-electron chi connectivity index (χ2n) is 4.36. The molecule has 0 bridgehead atoms. The zero-order valence-corrected chi connectivity index (χ0v) is 10.5. The molecule has 1 aliphatic heterocycles. The van der Waals surface area contributed by atoms with Crippen LogP contribution < -0.4 is 10.2 Å². The van der Waals surface area contributed by atoms with Gasteiger partial charge in [-0.2, -0.15) is 0 Å². The first-order valence-electron chi connectivity index (χ1n) is 6.18. The molecule has 100 valence electrons. The Kier molecular flexibility index (Phi) is 4.18. The van der Waals surface area contributed by atoms with Crippen molar-refractivity contribution in [2.45, 2.75) is 6.42 Å². The second kappa shape index (κ2) is 6.04. The number of carboxylic acid groups (broad SMARTS) is 1. The normalized spacial score (nSPS) is 16.2. The molecule has 2 N–H and O–H groups in total. The van der Waals surface area contributed by atoms with Crippen LogP contribution in [0.5, 0.6) is 0 Å². The SMILES string of the molecule is O=C(O)C=Cc1ccccc1N1CCCNC(=O)C1. The maximum Gasteiger partial charge on any atom is 0.328 e. The molecule has 1 fully saturated rings. The zero-order chi connectivity index (χ0) is 13.7. The van der Waals surface area contributed by atoms with Gasteiger partial charge in [0.05, 0.1) is 6.54 Å². The van der Waals surface area contributed by atoms with Crippen LogP contribution in [0.25, 0.3) is 6.08 Å². The minimum atomic E-state index is -0.983. The van der Waals surface area contributed by atoms with E-state index in [0.717, 1.165) is 30.3 Å². The van der Waals surface area contributed by atoms with E-state index in [1.54, 1.807) is 6.08 Å². The summed E-state index contributed by atoms with van der Waals surface area (Å²) in [6.45, 7) is 1.76. The van der Waals surface area contributed by atoms with Crippen molar-refractivity contribution in [1.82, 2.24) is 5.32 Å². The van der Waals surface area contributed by atoms with Gasteiger partial charge in [0.25, 0.3) is 0 Å². The van der Waals surface area contributed by atoms with E-state index < -0.39 is 5.97 Å². The predicted molar refractivity (Wildman–Crippen MR) is 73.0 cm³/mol. The predicted octanol–water partition coefficient (Wildman–Crippen LogP) is 1.11. The highest BCUT2D eigenvalue weighted by atomic mass is 16.4. The summed E-state index contributed by atoms with van der Waals surface area (Å²) in [5.74, 6) is -0.988. The molecule has 0 atom stereocenters. The maximum atomic E-state index is 11.6. The molecule has 2 rings (SSSR count). The van der Waals surface area contributed by atoms with Gasteiger partial charge in [0.1, 0.15) is 0 Å². The third-order valence-corrected chi connectivity index (χ3v) is 2.94. The number of hydrogen-bond donors (Lipinski definition) is 2. The summed E-state index contributed by atoms with van der Waals surface area (Å²) in [5.41, 5.74) is 1.69. The standard InChI is InChI=1S/C14H16N2O3/c17-13-10-16(9-3-8-15-13)12-5-2-1-4-11(12)6-7-14(18)19/h1-2,4-7H,3,8-10H2,(H,15,17)(H,18,19). The molecule has 1 amide bonds. The van der Waals surface area contributed by atoms with Crippen molar-refractivity contribution in [1.29, 1.82) is 0 Å². The Morgan fingerprint density at radius 2 is 2.16 bits per heavy atom. The van der Waals surface area contributed by atoms with Crippen LogP contribution in [0.15, 0.2) is 30.3 Å². The van der Waals surface area contributed by atoms with Crippen molar-refractivity contribution in [3.63, 3.8) is 0 Å². The first kappa shape index (κ1) is 13.1. The smallest absolute Gasteiger partial charge is 0.328 e. The van der Waals surface area contributed by atoms with Gasteiger partial charge in [-0.3, -0.25) is 4.79 Å². The third kappa shape index (κ3) is 3.58. The first-order chi connectivity index (χ1) is 9.16. The lowest BCUT2D eigenvalue weighted by Crippen LogP contribution is -2.33.